The van der Waals surface area contributed by atoms with Crippen LogP contribution in [0.1, 0.15) is 52.9 Å². The maximum Gasteiger partial charge on any atom is 0.0684 e. The van der Waals surface area contributed by atoms with Crippen molar-refractivity contribution in [1.82, 2.24) is 0 Å². The van der Waals surface area contributed by atoms with Crippen LogP contribution in [0.3, 0.4) is 0 Å². The van der Waals surface area contributed by atoms with E-state index in [1.54, 1.807) is 0 Å². The van der Waals surface area contributed by atoms with Crippen molar-refractivity contribution in [3.63, 3.8) is 0 Å². The first-order valence-electron chi connectivity index (χ1n) is 5.70. The molecule has 0 aromatic rings. The van der Waals surface area contributed by atoms with Gasteiger partial charge in [0.1, 0.15) is 0 Å². The van der Waals surface area contributed by atoms with E-state index in [2.05, 4.69) is 25.7 Å². The first-order valence-corrected chi connectivity index (χ1v) is 5.70. The second-order valence-electron chi connectivity index (χ2n) is 4.82. The zero-order valence-electron chi connectivity index (χ0n) is 9.64. The Labute approximate surface area is 87.9 Å². The largest absolute Gasteiger partial charge is 0.390 e. The highest BCUT2D eigenvalue weighted by atomic mass is 16.3. The molecule has 1 aliphatic carbocycles. The lowest BCUT2D eigenvalue weighted by Gasteiger charge is -2.40. The Balaban J connectivity index is 2.53. The minimum absolute atomic E-state index is 0.442. The topological polar surface area (TPSA) is 20.2 Å². The summed E-state index contributed by atoms with van der Waals surface area (Å²) in [7, 11) is 0. The smallest absolute Gasteiger partial charge is 0.0684 e. The molecule has 3 atom stereocenters. The predicted octanol–water partition coefficient (Wildman–Crippen LogP) is 2.98. The minimum atomic E-state index is -0.443. The van der Waals surface area contributed by atoms with E-state index in [-0.39, 0.29) is 0 Å². The highest BCUT2D eigenvalue weighted by Gasteiger charge is 2.37. The van der Waals surface area contributed by atoms with Crippen LogP contribution in [0, 0.1) is 23.7 Å². The minimum Gasteiger partial charge on any atom is -0.390 e. The zero-order valence-corrected chi connectivity index (χ0v) is 9.64. The van der Waals surface area contributed by atoms with Crippen molar-refractivity contribution >= 4 is 0 Å². The fraction of sp³-hybridized carbons (Fsp3) is 0.846. The fourth-order valence-corrected chi connectivity index (χ4v) is 2.46. The van der Waals surface area contributed by atoms with E-state index in [1.807, 2.05) is 6.92 Å². The summed E-state index contributed by atoms with van der Waals surface area (Å²) in [4.78, 5) is 0. The lowest BCUT2D eigenvalue weighted by Crippen LogP contribution is -2.41. The van der Waals surface area contributed by atoms with Crippen LogP contribution in [-0.4, -0.2) is 10.7 Å². The van der Waals surface area contributed by atoms with E-state index in [4.69, 9.17) is 0 Å². The van der Waals surface area contributed by atoms with Gasteiger partial charge in [0.2, 0.25) is 0 Å². The number of hydrogen-bond acceptors (Lipinski definition) is 1. The highest BCUT2D eigenvalue weighted by Crippen LogP contribution is 2.39. The summed E-state index contributed by atoms with van der Waals surface area (Å²) in [5.74, 6) is 7.05. The van der Waals surface area contributed by atoms with E-state index >= 15 is 0 Å². The van der Waals surface area contributed by atoms with Gasteiger partial charge in [-0.3, -0.25) is 0 Å². The molecule has 1 saturated carbocycles. The molecule has 1 aliphatic rings. The fourth-order valence-electron chi connectivity index (χ4n) is 2.46. The van der Waals surface area contributed by atoms with Crippen molar-refractivity contribution in [2.24, 2.45) is 11.8 Å². The van der Waals surface area contributed by atoms with E-state index in [1.165, 1.54) is 6.42 Å². The van der Waals surface area contributed by atoms with Gasteiger partial charge in [0.25, 0.3) is 0 Å². The van der Waals surface area contributed by atoms with Crippen molar-refractivity contribution in [2.75, 3.05) is 0 Å². The van der Waals surface area contributed by atoms with Gasteiger partial charge in [-0.15, -0.1) is 11.8 Å². The van der Waals surface area contributed by atoms with Gasteiger partial charge in [0.05, 0.1) is 5.60 Å². The summed E-state index contributed by atoms with van der Waals surface area (Å²) in [6, 6.07) is 0. The molecule has 80 valence electrons. The van der Waals surface area contributed by atoms with Crippen molar-refractivity contribution < 1.29 is 5.11 Å². The molecule has 0 aromatic carbocycles. The first-order chi connectivity index (χ1) is 6.58. The molecule has 0 aromatic heterocycles. The van der Waals surface area contributed by atoms with E-state index in [9.17, 15) is 5.11 Å². The molecular weight excluding hydrogens is 172 g/mol. The number of rotatable bonds is 2. The van der Waals surface area contributed by atoms with Gasteiger partial charge in [0.15, 0.2) is 0 Å². The molecule has 1 N–H and O–H groups in total. The Bertz CT molecular complexity index is 235. The molecule has 0 spiro atoms. The van der Waals surface area contributed by atoms with Crippen LogP contribution in [0.15, 0.2) is 0 Å². The Kier molecular flexibility index (Phi) is 4.01. The summed E-state index contributed by atoms with van der Waals surface area (Å²) in [6.45, 7) is 6.27. The summed E-state index contributed by atoms with van der Waals surface area (Å²) in [6.07, 6.45) is 5.07. The Hall–Kier alpha value is -0.480. The molecule has 14 heavy (non-hydrogen) atoms. The van der Waals surface area contributed by atoms with Gasteiger partial charge < -0.3 is 5.11 Å². The second kappa shape index (κ2) is 4.84. The van der Waals surface area contributed by atoms with Crippen molar-refractivity contribution in [1.29, 1.82) is 0 Å². The third-order valence-corrected chi connectivity index (χ3v) is 3.57. The van der Waals surface area contributed by atoms with Crippen LogP contribution >= 0.6 is 0 Å². The van der Waals surface area contributed by atoms with Crippen molar-refractivity contribution in [2.45, 2.75) is 58.5 Å². The van der Waals surface area contributed by atoms with Gasteiger partial charge in [-0.25, -0.2) is 0 Å². The van der Waals surface area contributed by atoms with E-state index < -0.39 is 5.60 Å². The van der Waals surface area contributed by atoms with Gasteiger partial charge in [0, 0.05) is 6.42 Å². The normalized spacial score (nSPS) is 37.4. The van der Waals surface area contributed by atoms with E-state index in [0.29, 0.717) is 11.8 Å². The van der Waals surface area contributed by atoms with Crippen molar-refractivity contribution in [3.8, 4) is 11.8 Å². The number of hydrogen-bond donors (Lipinski definition) is 1. The van der Waals surface area contributed by atoms with Gasteiger partial charge in [-0.1, -0.05) is 20.3 Å². The molecule has 0 amide bonds. The third-order valence-electron chi connectivity index (χ3n) is 3.57. The van der Waals surface area contributed by atoms with Gasteiger partial charge >= 0.3 is 0 Å². The van der Waals surface area contributed by atoms with Crippen LogP contribution in [0.5, 0.6) is 0 Å². The lowest BCUT2D eigenvalue weighted by atomic mass is 9.70. The summed E-state index contributed by atoms with van der Waals surface area (Å²) in [5, 5.41) is 10.5. The monoisotopic (exact) mass is 194 g/mol. The maximum absolute atomic E-state index is 10.5. The SMILES string of the molecule is CC#CCCC1(O)CC(C)CCC1C. The summed E-state index contributed by atoms with van der Waals surface area (Å²) in [5.41, 5.74) is -0.443. The molecular formula is C13H22O. The Morgan fingerprint density at radius 2 is 2.07 bits per heavy atom. The first kappa shape index (κ1) is 11.6. The highest BCUT2D eigenvalue weighted by molar-refractivity contribution is 4.99. The van der Waals surface area contributed by atoms with Gasteiger partial charge in [-0.2, -0.15) is 0 Å². The van der Waals surface area contributed by atoms with Crippen LogP contribution in [0.2, 0.25) is 0 Å². The quantitative estimate of drug-likeness (QED) is 0.670. The summed E-state index contributed by atoms with van der Waals surface area (Å²) < 4.78 is 0. The molecule has 0 aliphatic heterocycles. The summed E-state index contributed by atoms with van der Waals surface area (Å²) >= 11 is 0. The standard InChI is InChI=1S/C13H22O/c1-4-5-6-9-13(14)10-11(2)7-8-12(13)3/h11-12,14H,6-10H2,1-3H3. The predicted molar refractivity (Wildman–Crippen MR) is 59.8 cm³/mol. The molecule has 0 saturated heterocycles. The van der Waals surface area contributed by atoms with Gasteiger partial charge in [-0.05, 0) is 38.0 Å². The molecule has 1 rings (SSSR count). The maximum atomic E-state index is 10.5. The average molecular weight is 194 g/mol. The van der Waals surface area contributed by atoms with Crippen LogP contribution < -0.4 is 0 Å². The zero-order chi connectivity index (χ0) is 10.6. The van der Waals surface area contributed by atoms with E-state index in [0.717, 1.165) is 25.7 Å². The molecule has 1 heteroatoms. The van der Waals surface area contributed by atoms with Crippen LogP contribution in [0.4, 0.5) is 0 Å². The van der Waals surface area contributed by atoms with Crippen LogP contribution in [0.25, 0.3) is 0 Å². The van der Waals surface area contributed by atoms with Crippen LogP contribution in [-0.2, 0) is 0 Å². The molecule has 1 nitrogen and oxygen atoms in total. The molecule has 0 radical (unpaired) electrons. The average Bonchev–Trinajstić information content (AvgIpc) is 2.13. The lowest BCUT2D eigenvalue weighted by molar-refractivity contribution is -0.0617. The second-order valence-corrected chi connectivity index (χ2v) is 4.82. The molecule has 0 heterocycles. The molecule has 3 unspecified atom stereocenters. The molecule has 1 fully saturated rings. The Morgan fingerprint density at radius 1 is 1.36 bits per heavy atom. The van der Waals surface area contributed by atoms with Crippen molar-refractivity contribution in [3.05, 3.63) is 0 Å². The number of aliphatic hydroxyl groups is 1. The Morgan fingerprint density at radius 3 is 2.71 bits per heavy atom. The third kappa shape index (κ3) is 2.75. The molecule has 0 bridgehead atoms.